The predicted molar refractivity (Wildman–Crippen MR) is 219 cm³/mol. The first-order valence-corrected chi connectivity index (χ1v) is 18.9. The van der Waals surface area contributed by atoms with Crippen LogP contribution in [0, 0.1) is 41.5 Å². The summed E-state index contributed by atoms with van der Waals surface area (Å²) in [6.07, 6.45) is 2.94. The fourth-order valence-electron chi connectivity index (χ4n) is 8.24. The van der Waals surface area contributed by atoms with Crippen LogP contribution in [-0.4, -0.2) is 33.3 Å². The highest BCUT2D eigenvalue weighted by Crippen LogP contribution is 2.49. The van der Waals surface area contributed by atoms with Gasteiger partial charge in [0.15, 0.2) is 11.9 Å². The number of hydrogen-bond acceptors (Lipinski definition) is 7. The van der Waals surface area contributed by atoms with Gasteiger partial charge in [0.1, 0.15) is 34.2 Å². The Kier molecular flexibility index (Phi) is 10.7. The highest BCUT2D eigenvalue weighted by Gasteiger charge is 2.41. The van der Waals surface area contributed by atoms with E-state index in [1.165, 1.54) is 0 Å². The summed E-state index contributed by atoms with van der Waals surface area (Å²) >= 11 is 0. The average Bonchev–Trinajstić information content (AvgIpc) is 3.13. The molecule has 0 spiro atoms. The van der Waals surface area contributed by atoms with E-state index in [1.54, 1.807) is 0 Å². The number of hydrogen-bond donors (Lipinski definition) is 6. The number of phenolic OH excluding ortho intramolecular Hbond substituents is 2. The molecule has 4 atom stereocenters. The number of rotatable bonds is 10. The first kappa shape index (κ1) is 39.3. The third-order valence-electron chi connectivity index (χ3n) is 11.7. The largest absolute Gasteiger partial charge is 0.507 e. The molecule has 6 rings (SSSR count). The first-order chi connectivity index (χ1) is 25.9. The molecule has 0 radical (unpaired) electrons. The van der Waals surface area contributed by atoms with Crippen molar-refractivity contribution in [3.05, 3.63) is 104 Å². The summed E-state index contributed by atoms with van der Waals surface area (Å²) in [7, 11) is 0. The van der Waals surface area contributed by atoms with Crippen LogP contribution in [0.3, 0.4) is 0 Å². The molecule has 0 saturated carbocycles. The quantitative estimate of drug-likeness (QED) is 0.0690. The van der Waals surface area contributed by atoms with Gasteiger partial charge >= 0.3 is 0 Å². The summed E-state index contributed by atoms with van der Waals surface area (Å²) in [5.41, 5.74) is 32.3. The van der Waals surface area contributed by atoms with E-state index in [4.69, 9.17) is 37.1 Å². The molecule has 0 fully saturated rings. The highest BCUT2D eigenvalue weighted by atomic mass is 16.5. The Balaban J connectivity index is 1.43. The highest BCUT2D eigenvalue weighted by molar-refractivity contribution is 5.79. The molecular formula is C44H56N6O5. The lowest BCUT2D eigenvalue weighted by atomic mass is 9.82. The van der Waals surface area contributed by atoms with E-state index in [0.29, 0.717) is 48.6 Å². The van der Waals surface area contributed by atoms with Crippen LogP contribution in [0.25, 0.3) is 0 Å². The van der Waals surface area contributed by atoms with Gasteiger partial charge in [0.25, 0.3) is 0 Å². The van der Waals surface area contributed by atoms with Crippen LogP contribution in [0.1, 0.15) is 107 Å². The maximum absolute atomic E-state index is 10.8. The van der Waals surface area contributed by atoms with Crippen molar-refractivity contribution >= 4 is 23.3 Å². The predicted octanol–water partition coefficient (Wildman–Crippen LogP) is 7.91. The number of guanidine groups is 2. The Morgan fingerprint density at radius 1 is 0.636 bits per heavy atom. The lowest BCUT2D eigenvalue weighted by Gasteiger charge is -2.42. The van der Waals surface area contributed by atoms with Crippen molar-refractivity contribution in [2.45, 2.75) is 117 Å². The Hall–Kier alpha value is -5.42. The van der Waals surface area contributed by atoms with Gasteiger partial charge in [-0.05, 0) is 150 Å². The normalized spacial score (nSPS) is 19.9. The number of aliphatic imine (C=N–C) groups is 2. The maximum atomic E-state index is 10.8. The summed E-state index contributed by atoms with van der Waals surface area (Å²) < 4.78 is 21.3. The molecule has 0 aliphatic carbocycles. The number of fused-ring (bicyclic) bond motifs is 2. The summed E-state index contributed by atoms with van der Waals surface area (Å²) in [6, 6.07) is 15.5. The van der Waals surface area contributed by atoms with Crippen LogP contribution in [0.15, 0.2) is 58.5 Å². The van der Waals surface area contributed by atoms with Crippen molar-refractivity contribution < 1.29 is 24.4 Å². The fraction of sp³-hybridized carbons (Fsp3) is 0.409. The van der Waals surface area contributed by atoms with Gasteiger partial charge in [0.05, 0.1) is 23.6 Å². The standard InChI is InChI=1S/C44H56N6O5/c1-23-25(3)39-33(27(5)37(23)51)15-17-43(7,54-39)21-35(29-11-9-13-31(19-29)49-41(45)46)53-36(30-12-10-14-32(20-30)50-42(47)48)22-44(8)18-16-34-28(6)38(52)24(2)26(4)40(34)55-44/h9-14,19-20,35-36,51-52H,15-18,21-22H2,1-8H3,(H4,45,46,49)(H4,47,48,50). The molecule has 292 valence electrons. The van der Waals surface area contributed by atoms with Crippen molar-refractivity contribution in [3.63, 3.8) is 0 Å². The van der Waals surface area contributed by atoms with Gasteiger partial charge in [-0.3, -0.25) is 0 Å². The van der Waals surface area contributed by atoms with Crippen LogP contribution in [-0.2, 0) is 17.6 Å². The minimum atomic E-state index is -0.631. The Bertz CT molecular complexity index is 2040. The SMILES string of the molecule is Cc1c(C)c2c(c(C)c1O)CCC(C)(CC(OC(CC1(C)CCc3c(C)c(O)c(C)c(C)c3O1)c1cccc(N=C(N)N)c1)c1cccc(N=C(N)N)c1)O2. The monoisotopic (exact) mass is 748 g/mol. The molecular weight excluding hydrogens is 693 g/mol. The zero-order valence-corrected chi connectivity index (χ0v) is 33.3. The van der Waals surface area contributed by atoms with E-state index >= 15 is 0 Å². The van der Waals surface area contributed by atoms with Gasteiger partial charge in [0, 0.05) is 24.0 Å². The first-order valence-electron chi connectivity index (χ1n) is 18.9. The van der Waals surface area contributed by atoms with Gasteiger partial charge in [-0.1, -0.05) is 24.3 Å². The number of nitrogens with two attached hydrogens (primary N) is 4. The molecule has 11 heteroatoms. The molecule has 0 amide bonds. The van der Waals surface area contributed by atoms with E-state index in [-0.39, 0.29) is 11.9 Å². The molecule has 4 aromatic carbocycles. The minimum absolute atomic E-state index is 0.0376. The van der Waals surface area contributed by atoms with E-state index in [9.17, 15) is 10.2 Å². The Morgan fingerprint density at radius 2 is 1.02 bits per heavy atom. The Morgan fingerprint density at radius 3 is 1.38 bits per heavy atom. The Labute approximate surface area is 324 Å². The topological polar surface area (TPSA) is 197 Å². The van der Waals surface area contributed by atoms with Crippen molar-refractivity contribution in [1.29, 1.82) is 0 Å². The fourth-order valence-corrected chi connectivity index (χ4v) is 8.24. The average molecular weight is 749 g/mol. The van der Waals surface area contributed by atoms with Crippen molar-refractivity contribution in [3.8, 4) is 23.0 Å². The summed E-state index contributed by atoms with van der Waals surface area (Å²) in [5, 5.41) is 21.7. The molecule has 0 bridgehead atoms. The van der Waals surface area contributed by atoms with Crippen molar-refractivity contribution in [2.24, 2.45) is 32.9 Å². The molecule has 4 aromatic rings. The second-order valence-electron chi connectivity index (χ2n) is 16.0. The molecule has 55 heavy (non-hydrogen) atoms. The molecule has 2 aliphatic heterocycles. The number of aromatic hydroxyl groups is 2. The molecule has 2 heterocycles. The van der Waals surface area contributed by atoms with E-state index in [0.717, 1.165) is 80.0 Å². The third-order valence-corrected chi connectivity index (χ3v) is 11.7. The second kappa shape index (κ2) is 15.0. The van der Waals surface area contributed by atoms with E-state index < -0.39 is 23.4 Å². The number of ether oxygens (including phenoxy) is 3. The van der Waals surface area contributed by atoms with Gasteiger partial charge < -0.3 is 47.4 Å². The minimum Gasteiger partial charge on any atom is -0.507 e. The van der Waals surface area contributed by atoms with Gasteiger partial charge in [0.2, 0.25) is 0 Å². The zero-order valence-electron chi connectivity index (χ0n) is 33.3. The molecule has 4 unspecified atom stereocenters. The summed E-state index contributed by atoms with van der Waals surface area (Å²) in [5.74, 6) is 2.22. The van der Waals surface area contributed by atoms with E-state index in [1.807, 2.05) is 90.1 Å². The summed E-state index contributed by atoms with van der Waals surface area (Å²) in [6.45, 7) is 16.0. The van der Waals surface area contributed by atoms with Gasteiger partial charge in [-0.15, -0.1) is 0 Å². The van der Waals surface area contributed by atoms with E-state index in [2.05, 4.69) is 23.8 Å². The molecule has 0 saturated heterocycles. The smallest absolute Gasteiger partial charge is 0.191 e. The lowest BCUT2D eigenvalue weighted by molar-refractivity contribution is -0.0895. The molecule has 11 nitrogen and oxygen atoms in total. The van der Waals surface area contributed by atoms with Crippen molar-refractivity contribution in [1.82, 2.24) is 0 Å². The van der Waals surface area contributed by atoms with Crippen LogP contribution in [0.2, 0.25) is 0 Å². The summed E-state index contributed by atoms with van der Waals surface area (Å²) in [4.78, 5) is 8.70. The van der Waals surface area contributed by atoms with Crippen LogP contribution in [0.4, 0.5) is 11.4 Å². The molecule has 10 N–H and O–H groups in total. The van der Waals surface area contributed by atoms with Gasteiger partial charge in [-0.2, -0.15) is 0 Å². The van der Waals surface area contributed by atoms with Crippen LogP contribution < -0.4 is 32.4 Å². The van der Waals surface area contributed by atoms with Crippen molar-refractivity contribution in [2.75, 3.05) is 0 Å². The van der Waals surface area contributed by atoms with Crippen LogP contribution >= 0.6 is 0 Å². The third kappa shape index (κ3) is 8.03. The maximum Gasteiger partial charge on any atom is 0.191 e. The van der Waals surface area contributed by atoms with Gasteiger partial charge in [-0.25, -0.2) is 9.98 Å². The van der Waals surface area contributed by atoms with Crippen LogP contribution in [0.5, 0.6) is 23.0 Å². The number of benzene rings is 4. The second-order valence-corrected chi connectivity index (χ2v) is 16.0. The molecule has 2 aliphatic rings. The number of nitrogens with zero attached hydrogens (tertiary/aromatic N) is 2. The zero-order chi connectivity index (χ0) is 40.0. The lowest BCUT2D eigenvalue weighted by Crippen LogP contribution is -2.41. The molecule has 0 aromatic heterocycles. The number of phenols is 2.